The molecule has 0 aliphatic rings. The van der Waals surface area contributed by atoms with Crippen LogP contribution in [0.25, 0.3) is 0 Å². The second kappa shape index (κ2) is 6.42. The van der Waals surface area contributed by atoms with Crippen LogP contribution in [0.3, 0.4) is 0 Å². The van der Waals surface area contributed by atoms with E-state index in [4.69, 9.17) is 32.4 Å². The van der Waals surface area contributed by atoms with E-state index >= 15 is 0 Å². The van der Waals surface area contributed by atoms with Gasteiger partial charge in [0.1, 0.15) is 0 Å². The first-order valence-corrected chi connectivity index (χ1v) is 3.59. The molecule has 10 heavy (non-hydrogen) atoms. The fraction of sp³-hybridized carbons (Fsp3) is 0. The zero-order chi connectivity index (χ0) is 8.73. The van der Waals surface area contributed by atoms with Crippen molar-refractivity contribution in [1.29, 1.82) is 0 Å². The summed E-state index contributed by atoms with van der Waals surface area (Å²) in [4.78, 5) is 18.2. The monoisotopic (exact) mass is 218 g/mol. The summed E-state index contributed by atoms with van der Waals surface area (Å²) in [6.07, 6.45) is 0. The summed E-state index contributed by atoms with van der Waals surface area (Å²) >= 11 is -3.40. The minimum Gasteiger partial charge on any atom is -0.473 e. The molecule has 0 aliphatic carbocycles. The molecule has 0 spiro atoms. The second-order valence-corrected chi connectivity index (χ2v) is 1.65. The number of aliphatic carboxylic acids is 2. The van der Waals surface area contributed by atoms with Gasteiger partial charge in [-0.1, -0.05) is 0 Å². The molecule has 0 atom stereocenters. The Morgan fingerprint density at radius 3 is 1.20 bits per heavy atom. The van der Waals surface area contributed by atoms with Gasteiger partial charge in [-0.3, -0.25) is 0 Å². The highest BCUT2D eigenvalue weighted by Crippen LogP contribution is 1.56. The van der Waals surface area contributed by atoms with Crippen LogP contribution in [0.5, 0.6) is 0 Å². The standard InChI is InChI=1S/C2H2O4.BrHO3/c3-1(4)2(5)6;2-1(3)4/h(H,3,4)(H,5,6);2H. The van der Waals surface area contributed by atoms with Crippen molar-refractivity contribution in [1.82, 2.24) is 0 Å². The SMILES string of the molecule is O=C(O)C(=O)O.[O-][Br+2]([O-])O. The van der Waals surface area contributed by atoms with Crippen molar-refractivity contribution in [2.75, 3.05) is 0 Å². The van der Waals surface area contributed by atoms with Gasteiger partial charge in [-0.05, 0) is 4.20 Å². The van der Waals surface area contributed by atoms with Crippen LogP contribution in [0.4, 0.5) is 0 Å². The smallest absolute Gasteiger partial charge is 0.433 e. The Balaban J connectivity index is 0. The first-order chi connectivity index (χ1) is 4.37. The van der Waals surface area contributed by atoms with Gasteiger partial charge in [0.05, 0.1) is 0 Å². The third-order valence-electron chi connectivity index (χ3n) is 0.183. The number of hydrogen-bond acceptors (Lipinski definition) is 5. The first kappa shape index (κ1) is 12.0. The van der Waals surface area contributed by atoms with E-state index in [1.807, 2.05) is 0 Å². The highest BCUT2D eigenvalue weighted by Gasteiger charge is 2.04. The molecule has 0 amide bonds. The molecule has 0 radical (unpaired) electrons. The number of hydrogen-bond donors (Lipinski definition) is 3. The van der Waals surface area contributed by atoms with E-state index in [1.165, 1.54) is 0 Å². The highest BCUT2D eigenvalue weighted by atomic mass is 80.0. The fourth-order valence-electron chi connectivity index (χ4n) is 0. The summed E-state index contributed by atoms with van der Waals surface area (Å²) in [5, 5.41) is 14.8. The van der Waals surface area contributed by atoms with Crippen molar-refractivity contribution >= 4 is 11.9 Å². The molecule has 0 aromatic rings. The third-order valence-corrected chi connectivity index (χ3v) is 0.183. The summed E-state index contributed by atoms with van der Waals surface area (Å²) in [6, 6.07) is 0. The maximum atomic E-state index is 9.10. The van der Waals surface area contributed by atoms with E-state index in [0.29, 0.717) is 0 Å². The molecule has 0 aromatic heterocycles. The quantitative estimate of drug-likeness (QED) is 0.355. The first-order valence-electron chi connectivity index (χ1n) is 1.58. The van der Waals surface area contributed by atoms with Crippen LogP contribution in [0, 0.1) is 14.8 Å². The van der Waals surface area contributed by atoms with Gasteiger partial charge in [-0.15, -0.1) is 0 Å². The Labute approximate surface area is 60.0 Å². The minimum absolute atomic E-state index is 1.82. The van der Waals surface area contributed by atoms with E-state index in [-0.39, 0.29) is 0 Å². The van der Waals surface area contributed by atoms with Gasteiger partial charge in [0.2, 0.25) is 0 Å². The highest BCUT2D eigenvalue weighted by molar-refractivity contribution is 6.27. The van der Waals surface area contributed by atoms with Gasteiger partial charge in [-0.2, -0.15) is 0 Å². The molecule has 0 fully saturated rings. The lowest BCUT2D eigenvalue weighted by Crippen LogP contribution is -2.30. The molecule has 0 bridgehead atoms. The molecule has 3 N–H and O–H groups in total. The number of rotatable bonds is 0. The van der Waals surface area contributed by atoms with E-state index < -0.39 is 26.8 Å². The predicted molar refractivity (Wildman–Crippen MR) is 17.5 cm³/mol. The average molecular weight is 219 g/mol. The molecule has 60 valence electrons. The summed E-state index contributed by atoms with van der Waals surface area (Å²) in [5.41, 5.74) is 0. The van der Waals surface area contributed by atoms with Crippen molar-refractivity contribution in [2.45, 2.75) is 0 Å². The maximum absolute atomic E-state index is 9.10. The molecule has 0 rings (SSSR count). The van der Waals surface area contributed by atoms with Crippen molar-refractivity contribution in [3.63, 3.8) is 0 Å². The number of carbonyl (C=O) groups is 2. The van der Waals surface area contributed by atoms with E-state index in [9.17, 15) is 0 Å². The van der Waals surface area contributed by atoms with Gasteiger partial charge >= 0.3 is 26.8 Å². The third kappa shape index (κ3) is 26.6. The Morgan fingerprint density at radius 1 is 1.10 bits per heavy atom. The zero-order valence-corrected chi connectivity index (χ0v) is 5.94. The van der Waals surface area contributed by atoms with Crippen molar-refractivity contribution in [3.8, 4) is 0 Å². The average Bonchev–Trinajstić information content (AvgIpc) is 1.63. The Bertz CT molecular complexity index is 104. The van der Waals surface area contributed by atoms with Gasteiger partial charge in [-0.25, -0.2) is 9.59 Å². The van der Waals surface area contributed by atoms with Crippen LogP contribution in [0.2, 0.25) is 0 Å². The van der Waals surface area contributed by atoms with Crippen LogP contribution < -0.4 is 8.40 Å². The molecule has 0 aliphatic heterocycles. The predicted octanol–water partition coefficient (Wildman–Crippen LogP) is -3.78. The molecule has 0 heterocycles. The molecule has 0 saturated heterocycles. The minimum atomic E-state index is -3.40. The Kier molecular flexibility index (Phi) is 7.72. The molecular weight excluding hydrogens is 216 g/mol. The largest absolute Gasteiger partial charge is 0.473 e. The topological polar surface area (TPSA) is 141 Å². The van der Waals surface area contributed by atoms with Crippen molar-refractivity contribution in [2.24, 2.45) is 0 Å². The summed E-state index contributed by atoms with van der Waals surface area (Å²) < 4.78 is 24.3. The van der Waals surface area contributed by atoms with Crippen LogP contribution in [0.1, 0.15) is 0 Å². The summed E-state index contributed by atoms with van der Waals surface area (Å²) in [6.45, 7) is 0. The van der Waals surface area contributed by atoms with Gasteiger partial charge in [0.15, 0.2) is 0 Å². The number of carboxylic acids is 2. The van der Waals surface area contributed by atoms with E-state index in [0.717, 1.165) is 0 Å². The molecule has 0 aromatic carbocycles. The maximum Gasteiger partial charge on any atom is 0.433 e. The van der Waals surface area contributed by atoms with Gasteiger partial charge in [0, 0.05) is 0 Å². The molecule has 0 unspecified atom stereocenters. The second-order valence-electron chi connectivity index (χ2n) is 0.811. The lowest BCUT2D eigenvalue weighted by atomic mass is 10.7. The normalized spacial score (nSPS) is 8.00. The van der Waals surface area contributed by atoms with Crippen LogP contribution in [0.15, 0.2) is 0 Å². The van der Waals surface area contributed by atoms with E-state index in [2.05, 4.69) is 0 Å². The summed E-state index contributed by atoms with van der Waals surface area (Å²) in [7, 11) is 0. The van der Waals surface area contributed by atoms with Crippen molar-refractivity contribution in [3.05, 3.63) is 0 Å². The Hall–Kier alpha value is -0.700. The molecule has 0 saturated carbocycles. The zero-order valence-electron chi connectivity index (χ0n) is 4.35. The molecule has 7 nitrogen and oxygen atoms in total. The van der Waals surface area contributed by atoms with Crippen LogP contribution in [-0.2, 0) is 9.59 Å². The molecule has 8 heteroatoms. The fourth-order valence-corrected chi connectivity index (χ4v) is 0. The van der Waals surface area contributed by atoms with Crippen LogP contribution >= 0.6 is 0 Å². The van der Waals surface area contributed by atoms with Crippen LogP contribution in [-0.4, -0.2) is 26.3 Å². The Morgan fingerprint density at radius 2 is 1.20 bits per heavy atom. The number of carboxylic acid groups (broad SMARTS) is 2. The lowest BCUT2D eigenvalue weighted by molar-refractivity contribution is -1.63. The summed E-state index contributed by atoms with van der Waals surface area (Å²) in [5.74, 6) is -3.65. The van der Waals surface area contributed by atoms with E-state index in [1.54, 1.807) is 0 Å². The molecular formula is C2H3BrO7. The lowest BCUT2D eigenvalue weighted by Gasteiger charge is -1.72. The number of halogens is 1. The van der Waals surface area contributed by atoms with Gasteiger partial charge < -0.3 is 18.6 Å². The van der Waals surface area contributed by atoms with Crippen molar-refractivity contribution < 1.29 is 47.2 Å². The van der Waals surface area contributed by atoms with Gasteiger partial charge in [0.25, 0.3) is 0 Å².